The number of amides is 2. The summed E-state index contributed by atoms with van der Waals surface area (Å²) in [7, 11) is 0. The highest BCUT2D eigenvalue weighted by atomic mass is 16.2. The molecule has 0 unspecified atom stereocenters. The lowest BCUT2D eigenvalue weighted by Gasteiger charge is -2.26. The highest BCUT2D eigenvalue weighted by Crippen LogP contribution is 2.19. The van der Waals surface area contributed by atoms with Crippen LogP contribution in [0.2, 0.25) is 0 Å². The van der Waals surface area contributed by atoms with Crippen LogP contribution in [0, 0.1) is 0 Å². The van der Waals surface area contributed by atoms with Crippen molar-refractivity contribution in [2.45, 2.75) is 51.1 Å². The van der Waals surface area contributed by atoms with E-state index in [2.05, 4.69) is 48.7 Å². The van der Waals surface area contributed by atoms with E-state index in [1.807, 2.05) is 6.07 Å². The fourth-order valence-corrected chi connectivity index (χ4v) is 1.92. The Morgan fingerprint density at radius 3 is 2.56 bits per heavy atom. The molecule has 1 aliphatic rings. The zero-order valence-electron chi connectivity index (χ0n) is 11.2. The standard InChI is InChI=1S/C15H22N2O/c1-15(2,17-14(18)16-13-8-9-13)11-10-12-6-4-3-5-7-12/h3-7,13H,8-11H2,1-2H3,(H2,16,17,18). The minimum Gasteiger partial charge on any atom is -0.335 e. The summed E-state index contributed by atoms with van der Waals surface area (Å²) in [5.41, 5.74) is 1.14. The van der Waals surface area contributed by atoms with E-state index < -0.39 is 0 Å². The largest absolute Gasteiger partial charge is 0.335 e. The Morgan fingerprint density at radius 1 is 1.28 bits per heavy atom. The first kappa shape index (κ1) is 12.9. The van der Waals surface area contributed by atoms with Crippen LogP contribution < -0.4 is 10.6 Å². The van der Waals surface area contributed by atoms with Gasteiger partial charge in [0.2, 0.25) is 0 Å². The van der Waals surface area contributed by atoms with Crippen LogP contribution in [0.4, 0.5) is 4.79 Å². The number of carbonyl (C=O) groups excluding carboxylic acids is 1. The summed E-state index contributed by atoms with van der Waals surface area (Å²) in [6.07, 6.45) is 4.17. The van der Waals surface area contributed by atoms with Gasteiger partial charge in [0, 0.05) is 11.6 Å². The summed E-state index contributed by atoms with van der Waals surface area (Å²) < 4.78 is 0. The molecule has 2 rings (SSSR count). The summed E-state index contributed by atoms with van der Waals surface area (Å²) >= 11 is 0. The fraction of sp³-hybridized carbons (Fsp3) is 0.533. The Kier molecular flexibility index (Phi) is 3.90. The first-order valence-electron chi connectivity index (χ1n) is 6.68. The topological polar surface area (TPSA) is 41.1 Å². The van der Waals surface area contributed by atoms with Gasteiger partial charge in [-0.15, -0.1) is 0 Å². The molecule has 2 N–H and O–H groups in total. The van der Waals surface area contributed by atoms with Crippen molar-refractivity contribution in [2.24, 2.45) is 0 Å². The lowest BCUT2D eigenvalue weighted by molar-refractivity contribution is 0.227. The molecule has 0 aromatic heterocycles. The highest BCUT2D eigenvalue weighted by Gasteiger charge is 2.26. The molecule has 1 aliphatic carbocycles. The molecule has 1 fully saturated rings. The monoisotopic (exact) mass is 246 g/mol. The Labute approximate surface area is 109 Å². The average Bonchev–Trinajstić information content (AvgIpc) is 3.11. The summed E-state index contributed by atoms with van der Waals surface area (Å²) in [5.74, 6) is 0. The van der Waals surface area contributed by atoms with Gasteiger partial charge in [-0.25, -0.2) is 4.79 Å². The maximum atomic E-state index is 11.7. The van der Waals surface area contributed by atoms with Crippen LogP contribution >= 0.6 is 0 Å². The zero-order valence-corrected chi connectivity index (χ0v) is 11.2. The van der Waals surface area contributed by atoms with Gasteiger partial charge in [0.05, 0.1) is 0 Å². The SMILES string of the molecule is CC(C)(CCc1ccccc1)NC(=O)NC1CC1. The van der Waals surface area contributed by atoms with Crippen LogP contribution in [0.1, 0.15) is 38.7 Å². The Bertz CT molecular complexity index is 396. The molecule has 0 heterocycles. The van der Waals surface area contributed by atoms with Gasteiger partial charge in [-0.3, -0.25) is 0 Å². The predicted molar refractivity (Wildman–Crippen MR) is 73.5 cm³/mol. The third kappa shape index (κ3) is 4.40. The average molecular weight is 246 g/mol. The van der Waals surface area contributed by atoms with Crippen molar-refractivity contribution >= 4 is 6.03 Å². The molecule has 0 atom stereocenters. The van der Waals surface area contributed by atoms with Gasteiger partial charge in [-0.05, 0) is 45.1 Å². The molecule has 1 saturated carbocycles. The maximum absolute atomic E-state index is 11.7. The maximum Gasteiger partial charge on any atom is 0.315 e. The van der Waals surface area contributed by atoms with Crippen LogP contribution in [-0.2, 0) is 6.42 Å². The molecular formula is C15H22N2O. The second-order valence-electron chi connectivity index (χ2n) is 5.74. The molecule has 0 saturated heterocycles. The van der Waals surface area contributed by atoms with Crippen molar-refractivity contribution < 1.29 is 4.79 Å². The lowest BCUT2D eigenvalue weighted by Crippen LogP contribution is -2.49. The van der Waals surface area contributed by atoms with Crippen molar-refractivity contribution in [2.75, 3.05) is 0 Å². The Morgan fingerprint density at radius 2 is 1.94 bits per heavy atom. The molecule has 98 valence electrons. The molecule has 0 radical (unpaired) electrons. The van der Waals surface area contributed by atoms with Crippen LogP contribution in [0.15, 0.2) is 30.3 Å². The third-order valence-corrected chi connectivity index (χ3v) is 3.25. The Balaban J connectivity index is 1.77. The molecular weight excluding hydrogens is 224 g/mol. The van der Waals surface area contributed by atoms with Crippen LogP contribution in [0.5, 0.6) is 0 Å². The summed E-state index contributed by atoms with van der Waals surface area (Å²) in [5, 5.41) is 6.01. The van der Waals surface area contributed by atoms with Gasteiger partial charge >= 0.3 is 6.03 Å². The number of nitrogens with one attached hydrogen (secondary N) is 2. The predicted octanol–water partition coefficient (Wildman–Crippen LogP) is 2.86. The van der Waals surface area contributed by atoms with Gasteiger partial charge in [0.15, 0.2) is 0 Å². The van der Waals surface area contributed by atoms with Crippen molar-refractivity contribution in [3.63, 3.8) is 0 Å². The molecule has 1 aromatic rings. The summed E-state index contributed by atoms with van der Waals surface area (Å²) in [6.45, 7) is 4.14. The number of hydrogen-bond donors (Lipinski definition) is 2. The first-order valence-corrected chi connectivity index (χ1v) is 6.68. The van der Waals surface area contributed by atoms with Crippen LogP contribution in [0.25, 0.3) is 0 Å². The zero-order chi connectivity index (χ0) is 13.0. The van der Waals surface area contributed by atoms with Gasteiger partial charge in [0.1, 0.15) is 0 Å². The van der Waals surface area contributed by atoms with Crippen LogP contribution in [0.3, 0.4) is 0 Å². The van der Waals surface area contributed by atoms with E-state index in [0.29, 0.717) is 6.04 Å². The van der Waals surface area contributed by atoms with E-state index in [4.69, 9.17) is 0 Å². The van der Waals surface area contributed by atoms with E-state index >= 15 is 0 Å². The molecule has 18 heavy (non-hydrogen) atoms. The summed E-state index contributed by atoms with van der Waals surface area (Å²) in [4.78, 5) is 11.7. The number of urea groups is 1. The third-order valence-electron chi connectivity index (χ3n) is 3.25. The lowest BCUT2D eigenvalue weighted by atomic mass is 9.95. The van der Waals surface area contributed by atoms with Gasteiger partial charge in [-0.1, -0.05) is 30.3 Å². The second kappa shape index (κ2) is 5.42. The molecule has 1 aromatic carbocycles. The second-order valence-corrected chi connectivity index (χ2v) is 5.74. The van der Waals surface area contributed by atoms with Gasteiger partial charge in [-0.2, -0.15) is 0 Å². The van der Waals surface area contributed by atoms with E-state index in [-0.39, 0.29) is 11.6 Å². The van der Waals surface area contributed by atoms with E-state index in [1.165, 1.54) is 5.56 Å². The minimum atomic E-state index is -0.172. The van der Waals surface area contributed by atoms with Crippen molar-refractivity contribution in [3.8, 4) is 0 Å². The van der Waals surface area contributed by atoms with Gasteiger partial charge < -0.3 is 10.6 Å². The number of benzene rings is 1. The van der Waals surface area contributed by atoms with Crippen molar-refractivity contribution in [1.29, 1.82) is 0 Å². The number of carbonyl (C=O) groups is 1. The molecule has 2 amide bonds. The van der Waals surface area contributed by atoms with Crippen molar-refractivity contribution in [1.82, 2.24) is 10.6 Å². The summed E-state index contributed by atoms with van der Waals surface area (Å²) in [6, 6.07) is 10.8. The molecule has 3 heteroatoms. The molecule has 3 nitrogen and oxygen atoms in total. The Hall–Kier alpha value is -1.51. The quantitative estimate of drug-likeness (QED) is 0.824. The fourth-order valence-electron chi connectivity index (χ4n) is 1.92. The van der Waals surface area contributed by atoms with Crippen LogP contribution in [-0.4, -0.2) is 17.6 Å². The van der Waals surface area contributed by atoms with Crippen molar-refractivity contribution in [3.05, 3.63) is 35.9 Å². The highest BCUT2D eigenvalue weighted by molar-refractivity contribution is 5.75. The number of rotatable bonds is 5. The smallest absolute Gasteiger partial charge is 0.315 e. The van der Waals surface area contributed by atoms with E-state index in [9.17, 15) is 4.79 Å². The van der Waals surface area contributed by atoms with Gasteiger partial charge in [0.25, 0.3) is 0 Å². The number of aryl methyl sites for hydroxylation is 1. The van der Waals surface area contributed by atoms with E-state index in [1.54, 1.807) is 0 Å². The first-order chi connectivity index (χ1) is 8.55. The normalized spacial score (nSPS) is 15.2. The minimum absolute atomic E-state index is 0.0319. The van der Waals surface area contributed by atoms with E-state index in [0.717, 1.165) is 25.7 Å². The molecule has 0 bridgehead atoms. The molecule has 0 aliphatic heterocycles. The molecule has 0 spiro atoms. The number of hydrogen-bond acceptors (Lipinski definition) is 1.